The number of nitrogens with one attached hydrogen (secondary N) is 1. The van der Waals surface area contributed by atoms with Crippen LogP contribution in [0.25, 0.3) is 0 Å². The molecule has 2 aromatic carbocycles. The Labute approximate surface area is 118 Å². The molecule has 3 N–H and O–H groups in total. The second-order valence-electron chi connectivity index (χ2n) is 4.30. The Hall–Kier alpha value is -1.30. The fourth-order valence-electron chi connectivity index (χ4n) is 2.04. The van der Waals surface area contributed by atoms with Gasteiger partial charge in [0.1, 0.15) is 11.6 Å². The van der Waals surface area contributed by atoms with E-state index < -0.39 is 6.04 Å². The molecule has 0 aliphatic rings. The summed E-state index contributed by atoms with van der Waals surface area (Å²) in [5.74, 6) is 4.81. The van der Waals surface area contributed by atoms with Gasteiger partial charge in [-0.25, -0.2) is 14.2 Å². The van der Waals surface area contributed by atoms with E-state index >= 15 is 0 Å². The smallest absolute Gasteiger partial charge is 0.137 e. The molecule has 0 fully saturated rings. The van der Waals surface area contributed by atoms with Gasteiger partial charge in [0.2, 0.25) is 0 Å². The molecular formula is C14H13BrF2N2. The van der Waals surface area contributed by atoms with Crippen molar-refractivity contribution in [3.63, 3.8) is 0 Å². The van der Waals surface area contributed by atoms with Gasteiger partial charge >= 0.3 is 0 Å². The number of hydrogen-bond acceptors (Lipinski definition) is 2. The second-order valence-corrected chi connectivity index (χ2v) is 5.10. The Morgan fingerprint density at radius 1 is 1.21 bits per heavy atom. The summed E-state index contributed by atoms with van der Waals surface area (Å²) in [5, 5.41) is 0. The van der Waals surface area contributed by atoms with E-state index in [2.05, 4.69) is 21.4 Å². The van der Waals surface area contributed by atoms with Crippen molar-refractivity contribution in [3.8, 4) is 0 Å². The molecule has 1 atom stereocenters. The van der Waals surface area contributed by atoms with Gasteiger partial charge in [-0.15, -0.1) is 0 Å². The van der Waals surface area contributed by atoms with Crippen molar-refractivity contribution in [1.82, 2.24) is 5.43 Å². The van der Waals surface area contributed by atoms with Crippen LogP contribution in [0.5, 0.6) is 0 Å². The number of halogens is 3. The van der Waals surface area contributed by atoms with Gasteiger partial charge < -0.3 is 0 Å². The lowest BCUT2D eigenvalue weighted by atomic mass is 9.97. The lowest BCUT2D eigenvalue weighted by Gasteiger charge is -2.19. The van der Waals surface area contributed by atoms with E-state index in [9.17, 15) is 8.78 Å². The predicted octanol–water partition coefficient (Wildman–Crippen LogP) is 3.59. The van der Waals surface area contributed by atoms with Crippen molar-refractivity contribution >= 4 is 15.9 Å². The average molecular weight is 327 g/mol. The van der Waals surface area contributed by atoms with E-state index in [-0.39, 0.29) is 11.6 Å². The van der Waals surface area contributed by atoms with Gasteiger partial charge in [0.15, 0.2) is 0 Å². The lowest BCUT2D eigenvalue weighted by molar-refractivity contribution is 0.588. The van der Waals surface area contributed by atoms with E-state index in [1.54, 1.807) is 19.1 Å². The van der Waals surface area contributed by atoms with E-state index in [4.69, 9.17) is 5.84 Å². The molecule has 1 unspecified atom stereocenters. The largest absolute Gasteiger partial charge is 0.271 e. The van der Waals surface area contributed by atoms with Gasteiger partial charge in [0.25, 0.3) is 0 Å². The van der Waals surface area contributed by atoms with Crippen molar-refractivity contribution in [1.29, 1.82) is 0 Å². The molecular weight excluding hydrogens is 314 g/mol. The van der Waals surface area contributed by atoms with E-state index in [1.165, 1.54) is 18.2 Å². The minimum absolute atomic E-state index is 0.319. The van der Waals surface area contributed by atoms with Crippen molar-refractivity contribution < 1.29 is 8.78 Å². The molecule has 0 spiro atoms. The number of hydrogen-bond donors (Lipinski definition) is 2. The van der Waals surface area contributed by atoms with Crippen molar-refractivity contribution in [2.24, 2.45) is 5.84 Å². The third-order valence-corrected chi connectivity index (χ3v) is 3.69. The highest BCUT2D eigenvalue weighted by molar-refractivity contribution is 9.10. The molecule has 0 saturated carbocycles. The molecule has 19 heavy (non-hydrogen) atoms. The first-order valence-corrected chi connectivity index (χ1v) is 6.49. The van der Waals surface area contributed by atoms with Gasteiger partial charge in [-0.2, -0.15) is 0 Å². The summed E-state index contributed by atoms with van der Waals surface area (Å²) in [6.07, 6.45) is 0. The summed E-state index contributed by atoms with van der Waals surface area (Å²) in [5.41, 5.74) is 4.64. The first-order valence-electron chi connectivity index (χ1n) is 5.70. The van der Waals surface area contributed by atoms with Crippen LogP contribution in [0.3, 0.4) is 0 Å². The van der Waals surface area contributed by atoms with Crippen LogP contribution in [0, 0.1) is 18.6 Å². The fraction of sp³-hybridized carbons (Fsp3) is 0.143. The van der Waals surface area contributed by atoms with Crippen LogP contribution in [0.2, 0.25) is 0 Å². The highest BCUT2D eigenvalue weighted by Gasteiger charge is 2.18. The molecule has 0 radical (unpaired) electrons. The molecule has 2 aromatic rings. The summed E-state index contributed by atoms with van der Waals surface area (Å²) in [6.45, 7) is 1.79. The molecule has 0 bridgehead atoms. The zero-order valence-electron chi connectivity index (χ0n) is 10.3. The number of rotatable bonds is 3. The summed E-state index contributed by atoms with van der Waals surface area (Å²) in [7, 11) is 0. The van der Waals surface area contributed by atoms with Crippen LogP contribution < -0.4 is 11.3 Å². The SMILES string of the molecule is Cc1cc(F)cc(C(NN)c2cccc(F)c2Br)c1. The minimum atomic E-state index is -0.487. The minimum Gasteiger partial charge on any atom is -0.271 e. The molecule has 0 saturated heterocycles. The molecule has 0 aromatic heterocycles. The van der Waals surface area contributed by atoms with Crippen LogP contribution in [0.4, 0.5) is 8.78 Å². The Bertz CT molecular complexity index is 582. The molecule has 0 amide bonds. The molecule has 0 aliphatic heterocycles. The van der Waals surface area contributed by atoms with Gasteiger partial charge in [-0.1, -0.05) is 18.2 Å². The number of nitrogens with two attached hydrogens (primary N) is 1. The Morgan fingerprint density at radius 3 is 2.58 bits per heavy atom. The van der Waals surface area contributed by atoms with Crippen LogP contribution in [0.1, 0.15) is 22.7 Å². The summed E-state index contributed by atoms with van der Waals surface area (Å²) >= 11 is 3.19. The maximum absolute atomic E-state index is 13.6. The third kappa shape index (κ3) is 3.00. The molecule has 2 rings (SSSR count). The summed E-state index contributed by atoms with van der Waals surface area (Å²) in [6, 6.07) is 8.80. The third-order valence-electron chi connectivity index (χ3n) is 2.86. The van der Waals surface area contributed by atoms with E-state index in [0.717, 1.165) is 5.56 Å². The Kier molecular flexibility index (Phi) is 4.29. The van der Waals surface area contributed by atoms with Gasteiger partial charge in [0, 0.05) is 0 Å². The standard InChI is InChI=1S/C14H13BrF2N2/c1-8-5-9(7-10(16)6-8)14(19-18)11-3-2-4-12(17)13(11)15/h2-7,14,19H,18H2,1H3. The second kappa shape index (κ2) is 5.77. The number of benzene rings is 2. The highest BCUT2D eigenvalue weighted by Crippen LogP contribution is 2.30. The van der Waals surface area contributed by atoms with Crippen LogP contribution in [0.15, 0.2) is 40.9 Å². The maximum Gasteiger partial charge on any atom is 0.137 e. The van der Waals surface area contributed by atoms with Gasteiger partial charge in [0.05, 0.1) is 10.5 Å². The molecule has 2 nitrogen and oxygen atoms in total. The quantitative estimate of drug-likeness (QED) is 0.668. The maximum atomic E-state index is 13.6. The first-order chi connectivity index (χ1) is 9.02. The summed E-state index contributed by atoms with van der Waals surface area (Å²) < 4.78 is 27.3. The van der Waals surface area contributed by atoms with Crippen LogP contribution in [-0.2, 0) is 0 Å². The Morgan fingerprint density at radius 2 is 1.95 bits per heavy atom. The van der Waals surface area contributed by atoms with Crippen molar-refractivity contribution in [2.75, 3.05) is 0 Å². The van der Waals surface area contributed by atoms with E-state index in [0.29, 0.717) is 15.6 Å². The van der Waals surface area contributed by atoms with Crippen LogP contribution >= 0.6 is 15.9 Å². The lowest BCUT2D eigenvalue weighted by Crippen LogP contribution is -2.29. The molecule has 0 heterocycles. The number of hydrazine groups is 1. The van der Waals surface area contributed by atoms with Gasteiger partial charge in [-0.3, -0.25) is 5.84 Å². The molecule has 100 valence electrons. The van der Waals surface area contributed by atoms with Crippen molar-refractivity contribution in [2.45, 2.75) is 13.0 Å². The highest BCUT2D eigenvalue weighted by atomic mass is 79.9. The van der Waals surface area contributed by atoms with Crippen molar-refractivity contribution in [3.05, 3.63) is 69.2 Å². The zero-order valence-corrected chi connectivity index (χ0v) is 11.8. The normalized spacial score (nSPS) is 12.5. The molecule has 0 aliphatic carbocycles. The number of aryl methyl sites for hydroxylation is 1. The fourth-order valence-corrected chi connectivity index (χ4v) is 2.53. The van der Waals surface area contributed by atoms with Crippen LogP contribution in [-0.4, -0.2) is 0 Å². The monoisotopic (exact) mass is 326 g/mol. The zero-order chi connectivity index (χ0) is 14.0. The summed E-state index contributed by atoms with van der Waals surface area (Å²) in [4.78, 5) is 0. The topological polar surface area (TPSA) is 38.0 Å². The molecule has 5 heteroatoms. The van der Waals surface area contributed by atoms with Gasteiger partial charge in [-0.05, 0) is 57.7 Å². The van der Waals surface area contributed by atoms with E-state index in [1.807, 2.05) is 6.07 Å². The average Bonchev–Trinajstić information content (AvgIpc) is 2.34. The first kappa shape index (κ1) is 14.1. The Balaban J connectivity index is 2.53. The predicted molar refractivity (Wildman–Crippen MR) is 74.4 cm³/mol.